The molecule has 0 spiro atoms. The van der Waals surface area contributed by atoms with Crippen molar-refractivity contribution in [1.82, 2.24) is 10.3 Å². The van der Waals surface area contributed by atoms with Gasteiger partial charge in [0.25, 0.3) is 11.8 Å². The van der Waals surface area contributed by atoms with Crippen molar-refractivity contribution in [2.45, 2.75) is 13.1 Å². The van der Waals surface area contributed by atoms with Gasteiger partial charge >= 0.3 is 12.2 Å². The van der Waals surface area contributed by atoms with Crippen LogP contribution in [0.3, 0.4) is 0 Å². The maximum absolute atomic E-state index is 12.9. The minimum atomic E-state index is -4.54. The molecule has 1 aromatic heterocycles. The number of nitrogens with zero attached hydrogens (tertiary/aromatic N) is 2. The Hall–Kier alpha value is -4.41. The normalized spacial score (nSPS) is 10.9. The van der Waals surface area contributed by atoms with Gasteiger partial charge in [0.1, 0.15) is 5.69 Å². The molecule has 0 unspecified atom stereocenters. The van der Waals surface area contributed by atoms with Gasteiger partial charge in [0, 0.05) is 42.9 Å². The number of benzene rings is 2. The molecule has 3 rings (SSSR count). The summed E-state index contributed by atoms with van der Waals surface area (Å²) in [6.07, 6.45) is -3.16. The maximum Gasteiger partial charge on any atom is 0.416 e. The van der Waals surface area contributed by atoms with Gasteiger partial charge in [0.15, 0.2) is 0 Å². The van der Waals surface area contributed by atoms with Gasteiger partial charge in [0.2, 0.25) is 0 Å². The fourth-order valence-corrected chi connectivity index (χ4v) is 3.17. The predicted molar refractivity (Wildman–Crippen MR) is 126 cm³/mol. The molecule has 2 aromatic carbocycles. The zero-order valence-electron chi connectivity index (χ0n) is 19.0. The van der Waals surface area contributed by atoms with Crippen molar-refractivity contribution in [2.24, 2.45) is 0 Å². The van der Waals surface area contributed by atoms with Gasteiger partial charge < -0.3 is 16.0 Å². The lowest BCUT2D eigenvalue weighted by Gasteiger charge is -2.21. The number of halogens is 3. The Morgan fingerprint density at radius 3 is 2.31 bits per heavy atom. The molecule has 182 valence electrons. The van der Waals surface area contributed by atoms with Crippen molar-refractivity contribution in [1.29, 1.82) is 0 Å². The number of amides is 4. The summed E-state index contributed by atoms with van der Waals surface area (Å²) in [6.45, 7) is 1.74. The van der Waals surface area contributed by atoms with E-state index in [0.717, 1.165) is 12.1 Å². The number of urea groups is 1. The molecule has 0 aliphatic carbocycles. The van der Waals surface area contributed by atoms with Gasteiger partial charge in [-0.2, -0.15) is 13.2 Å². The van der Waals surface area contributed by atoms with Gasteiger partial charge in [-0.25, -0.2) is 4.79 Å². The minimum absolute atomic E-state index is 0.0114. The first-order valence-corrected chi connectivity index (χ1v) is 10.3. The number of carbonyl (C=O) groups excluding carboxylic acids is 3. The highest BCUT2D eigenvalue weighted by Crippen LogP contribution is 2.31. The number of pyridine rings is 1. The molecule has 4 amide bonds. The lowest BCUT2D eigenvalue weighted by atomic mass is 10.1. The molecular weight excluding hydrogens is 463 g/mol. The second-order valence-corrected chi connectivity index (χ2v) is 7.53. The third-order valence-corrected chi connectivity index (χ3v) is 5.06. The molecule has 0 radical (unpaired) electrons. The summed E-state index contributed by atoms with van der Waals surface area (Å²) in [5.41, 5.74) is 0.797. The summed E-state index contributed by atoms with van der Waals surface area (Å²) in [7, 11) is 2.95. The fourth-order valence-electron chi connectivity index (χ4n) is 3.17. The van der Waals surface area contributed by atoms with Crippen molar-refractivity contribution in [3.63, 3.8) is 0 Å². The van der Waals surface area contributed by atoms with Gasteiger partial charge in [-0.05, 0) is 55.0 Å². The van der Waals surface area contributed by atoms with Crippen molar-refractivity contribution >= 4 is 34.9 Å². The molecule has 8 nitrogen and oxygen atoms in total. The second-order valence-electron chi connectivity index (χ2n) is 7.53. The van der Waals surface area contributed by atoms with Crippen LogP contribution >= 0.6 is 0 Å². The van der Waals surface area contributed by atoms with Crippen LogP contribution in [0.4, 0.5) is 35.0 Å². The van der Waals surface area contributed by atoms with Gasteiger partial charge in [0.05, 0.1) is 5.56 Å². The summed E-state index contributed by atoms with van der Waals surface area (Å²) >= 11 is 0. The van der Waals surface area contributed by atoms with Gasteiger partial charge in [-0.1, -0.05) is 12.1 Å². The first kappa shape index (κ1) is 25.2. The van der Waals surface area contributed by atoms with Crippen molar-refractivity contribution < 1.29 is 27.6 Å². The first-order chi connectivity index (χ1) is 16.5. The Labute approximate surface area is 199 Å². The molecule has 3 N–H and O–H groups in total. The van der Waals surface area contributed by atoms with E-state index in [1.165, 1.54) is 61.6 Å². The fraction of sp³-hybridized carbons (Fsp3) is 0.167. The number of aromatic nitrogens is 1. The predicted octanol–water partition coefficient (Wildman–Crippen LogP) is 4.69. The van der Waals surface area contributed by atoms with E-state index < -0.39 is 29.6 Å². The van der Waals surface area contributed by atoms with Crippen LogP contribution < -0.4 is 20.9 Å². The number of hydrogen-bond acceptors (Lipinski definition) is 4. The molecule has 3 aromatic rings. The molecule has 1 heterocycles. The smallest absolute Gasteiger partial charge is 0.354 e. The van der Waals surface area contributed by atoms with E-state index in [2.05, 4.69) is 20.9 Å². The van der Waals surface area contributed by atoms with E-state index in [1.54, 1.807) is 13.0 Å². The Balaban J connectivity index is 1.78. The maximum atomic E-state index is 12.9. The monoisotopic (exact) mass is 485 g/mol. The lowest BCUT2D eigenvalue weighted by molar-refractivity contribution is -0.137. The van der Waals surface area contributed by atoms with Crippen LogP contribution in [0.2, 0.25) is 0 Å². The summed E-state index contributed by atoms with van der Waals surface area (Å²) in [4.78, 5) is 42.5. The largest absolute Gasteiger partial charge is 0.416 e. The molecule has 0 saturated carbocycles. The summed E-state index contributed by atoms with van der Waals surface area (Å²) < 4.78 is 38.8. The highest BCUT2D eigenvalue weighted by Gasteiger charge is 2.30. The van der Waals surface area contributed by atoms with Crippen molar-refractivity contribution in [3.05, 3.63) is 83.2 Å². The number of anilines is 3. The minimum Gasteiger partial charge on any atom is -0.354 e. The molecule has 0 aliphatic rings. The van der Waals surface area contributed by atoms with E-state index in [4.69, 9.17) is 0 Å². The first-order valence-electron chi connectivity index (χ1n) is 10.3. The van der Waals surface area contributed by atoms with Crippen molar-refractivity contribution in [3.8, 4) is 0 Å². The van der Waals surface area contributed by atoms with E-state index in [-0.39, 0.29) is 16.9 Å². The highest BCUT2D eigenvalue weighted by molar-refractivity contribution is 6.07. The van der Waals surface area contributed by atoms with Crippen LogP contribution in [-0.4, -0.2) is 36.9 Å². The zero-order chi connectivity index (χ0) is 25.8. The standard InChI is InChI=1S/C24H22F3N5O3/c1-14-7-8-15(21(33)30-17-6-4-5-16(12-17)24(25,26)27)11-20(14)32(3)23(35)31-18-9-10-29-19(13-18)22(34)28-2/h4-13H,1-3H3,(H,28,34)(H,30,33)(H,29,31,35). The van der Waals surface area contributed by atoms with E-state index in [1.807, 2.05) is 0 Å². The van der Waals surface area contributed by atoms with Crippen LogP contribution in [0.1, 0.15) is 32.0 Å². The Kier molecular flexibility index (Phi) is 7.38. The third kappa shape index (κ3) is 6.14. The molecule has 0 fully saturated rings. The molecule has 35 heavy (non-hydrogen) atoms. The molecular formula is C24H22F3N5O3. The molecule has 11 heteroatoms. The number of nitrogens with one attached hydrogen (secondary N) is 3. The van der Waals surface area contributed by atoms with E-state index in [9.17, 15) is 27.6 Å². The SMILES string of the molecule is CNC(=O)c1cc(NC(=O)N(C)c2cc(C(=O)Nc3cccc(C(F)(F)F)c3)ccc2C)ccn1. The number of alkyl halides is 3. The zero-order valence-corrected chi connectivity index (χ0v) is 19.0. The molecule has 0 saturated heterocycles. The summed E-state index contributed by atoms with van der Waals surface area (Å²) in [6, 6.07) is 11.3. The van der Waals surface area contributed by atoms with Crippen LogP contribution in [-0.2, 0) is 6.18 Å². The highest BCUT2D eigenvalue weighted by atomic mass is 19.4. The van der Waals surface area contributed by atoms with Gasteiger partial charge in [-0.15, -0.1) is 0 Å². The van der Waals surface area contributed by atoms with E-state index in [0.29, 0.717) is 16.9 Å². The Morgan fingerprint density at radius 2 is 1.63 bits per heavy atom. The number of carbonyl (C=O) groups is 3. The third-order valence-electron chi connectivity index (χ3n) is 5.06. The van der Waals surface area contributed by atoms with E-state index >= 15 is 0 Å². The quantitative estimate of drug-likeness (QED) is 0.488. The second kappa shape index (κ2) is 10.2. The van der Waals surface area contributed by atoms with Gasteiger partial charge in [-0.3, -0.25) is 19.5 Å². The summed E-state index contributed by atoms with van der Waals surface area (Å²) in [5, 5.41) is 7.54. The average molecular weight is 485 g/mol. The molecule has 0 atom stereocenters. The Bertz CT molecular complexity index is 1280. The number of hydrogen-bond donors (Lipinski definition) is 3. The number of aryl methyl sites for hydroxylation is 1. The van der Waals surface area contributed by atoms with Crippen LogP contribution in [0, 0.1) is 6.92 Å². The summed E-state index contributed by atoms with van der Waals surface area (Å²) in [5.74, 6) is -1.05. The lowest BCUT2D eigenvalue weighted by Crippen LogP contribution is -2.32. The van der Waals surface area contributed by atoms with Crippen LogP contribution in [0.15, 0.2) is 60.8 Å². The average Bonchev–Trinajstić information content (AvgIpc) is 2.83. The van der Waals surface area contributed by atoms with Crippen molar-refractivity contribution in [2.75, 3.05) is 29.6 Å². The Morgan fingerprint density at radius 1 is 0.914 bits per heavy atom. The number of rotatable bonds is 5. The topological polar surface area (TPSA) is 103 Å². The molecule has 0 bridgehead atoms. The molecule has 0 aliphatic heterocycles. The van der Waals surface area contributed by atoms with Crippen LogP contribution in [0.25, 0.3) is 0 Å². The van der Waals surface area contributed by atoms with Crippen LogP contribution in [0.5, 0.6) is 0 Å².